The van der Waals surface area contributed by atoms with Crippen molar-refractivity contribution in [3.8, 4) is 6.07 Å². The monoisotopic (exact) mass is 190 g/mol. The highest BCUT2D eigenvalue weighted by molar-refractivity contribution is 5.03. The van der Waals surface area contributed by atoms with E-state index in [1.54, 1.807) is 0 Å². The van der Waals surface area contributed by atoms with Crippen molar-refractivity contribution in [3.63, 3.8) is 0 Å². The number of H-pyrrole nitrogens is 1. The molecule has 74 valence electrons. The van der Waals surface area contributed by atoms with Crippen molar-refractivity contribution in [2.24, 2.45) is 5.92 Å². The van der Waals surface area contributed by atoms with Crippen LogP contribution < -0.4 is 0 Å². The lowest BCUT2D eigenvalue weighted by atomic mass is 10.1. The lowest BCUT2D eigenvalue weighted by molar-refractivity contribution is 0.586. The first-order valence-electron chi connectivity index (χ1n) is 5.07. The summed E-state index contributed by atoms with van der Waals surface area (Å²) in [5, 5.41) is 15.5. The molecule has 2 rings (SSSR count). The highest BCUT2D eigenvalue weighted by Gasteiger charge is 2.25. The first kappa shape index (κ1) is 9.20. The van der Waals surface area contributed by atoms with E-state index in [1.165, 1.54) is 19.3 Å². The van der Waals surface area contributed by atoms with Gasteiger partial charge in [-0.3, -0.25) is 5.10 Å². The van der Waals surface area contributed by atoms with Crippen LogP contribution >= 0.6 is 0 Å². The Bertz CT molecular complexity index is 349. The Kier molecular flexibility index (Phi) is 2.49. The first-order chi connectivity index (χ1) is 6.79. The second-order valence-electron chi connectivity index (χ2n) is 4.09. The molecule has 0 radical (unpaired) electrons. The molecule has 1 saturated carbocycles. The molecule has 1 fully saturated rings. The molecule has 2 unspecified atom stereocenters. The van der Waals surface area contributed by atoms with Crippen LogP contribution in [0.2, 0.25) is 0 Å². The Labute approximate surface area is 83.4 Å². The zero-order valence-corrected chi connectivity index (χ0v) is 8.32. The fourth-order valence-electron chi connectivity index (χ4n) is 2.09. The van der Waals surface area contributed by atoms with Gasteiger partial charge in [0.2, 0.25) is 0 Å². The summed E-state index contributed by atoms with van der Waals surface area (Å²) in [6.07, 6.45) is 3.97. The van der Waals surface area contributed by atoms with Gasteiger partial charge in [-0.15, -0.1) is 0 Å². The van der Waals surface area contributed by atoms with Crippen LogP contribution in [0.4, 0.5) is 0 Å². The van der Waals surface area contributed by atoms with E-state index in [4.69, 9.17) is 5.26 Å². The molecule has 0 saturated heterocycles. The summed E-state index contributed by atoms with van der Waals surface area (Å²) in [6, 6.07) is 2.06. The minimum absolute atomic E-state index is 0.329. The van der Waals surface area contributed by atoms with Gasteiger partial charge >= 0.3 is 0 Å². The third kappa shape index (κ3) is 1.77. The van der Waals surface area contributed by atoms with Crippen LogP contribution in [-0.4, -0.2) is 15.2 Å². The summed E-state index contributed by atoms with van der Waals surface area (Å²) in [5.41, 5.74) is 0. The molecule has 1 heterocycles. The number of aromatic nitrogens is 3. The molecule has 4 nitrogen and oxygen atoms in total. The quantitative estimate of drug-likeness (QED) is 0.773. The molecule has 1 aliphatic carbocycles. The number of rotatable bonds is 2. The minimum Gasteiger partial charge on any atom is -0.262 e. The molecule has 0 spiro atoms. The second-order valence-corrected chi connectivity index (χ2v) is 4.09. The Morgan fingerprint density at radius 1 is 1.57 bits per heavy atom. The SMILES string of the molecule is CC1CCC(c2n[nH]c(CC#N)n2)C1. The van der Waals surface area contributed by atoms with E-state index in [0.717, 1.165) is 11.7 Å². The van der Waals surface area contributed by atoms with Gasteiger partial charge in [0, 0.05) is 5.92 Å². The second kappa shape index (κ2) is 3.79. The maximum atomic E-state index is 8.50. The van der Waals surface area contributed by atoms with Gasteiger partial charge in [0.15, 0.2) is 5.82 Å². The van der Waals surface area contributed by atoms with E-state index in [2.05, 4.69) is 28.2 Å². The third-order valence-corrected chi connectivity index (χ3v) is 2.86. The Hall–Kier alpha value is -1.37. The van der Waals surface area contributed by atoms with E-state index >= 15 is 0 Å². The van der Waals surface area contributed by atoms with E-state index < -0.39 is 0 Å². The van der Waals surface area contributed by atoms with Crippen molar-refractivity contribution >= 4 is 0 Å². The van der Waals surface area contributed by atoms with Gasteiger partial charge in [0.05, 0.1) is 12.5 Å². The average molecular weight is 190 g/mol. The van der Waals surface area contributed by atoms with Crippen LogP contribution in [0.1, 0.15) is 43.8 Å². The lowest BCUT2D eigenvalue weighted by Crippen LogP contribution is -1.96. The number of hydrogen-bond acceptors (Lipinski definition) is 3. The van der Waals surface area contributed by atoms with E-state index in [9.17, 15) is 0 Å². The Morgan fingerprint density at radius 2 is 2.43 bits per heavy atom. The molecule has 14 heavy (non-hydrogen) atoms. The zero-order valence-electron chi connectivity index (χ0n) is 8.32. The van der Waals surface area contributed by atoms with Crippen LogP contribution in [0.3, 0.4) is 0 Å². The average Bonchev–Trinajstić information content (AvgIpc) is 2.74. The van der Waals surface area contributed by atoms with Gasteiger partial charge in [-0.2, -0.15) is 10.4 Å². The van der Waals surface area contributed by atoms with Gasteiger partial charge < -0.3 is 0 Å². The third-order valence-electron chi connectivity index (χ3n) is 2.86. The van der Waals surface area contributed by atoms with Gasteiger partial charge in [0.25, 0.3) is 0 Å². The molecular formula is C10H14N4. The fraction of sp³-hybridized carbons (Fsp3) is 0.700. The smallest absolute Gasteiger partial charge is 0.153 e. The van der Waals surface area contributed by atoms with Gasteiger partial charge in [-0.05, 0) is 25.2 Å². The molecule has 1 aromatic heterocycles. The molecule has 1 aliphatic rings. The summed E-state index contributed by atoms with van der Waals surface area (Å²) in [6.45, 7) is 2.27. The van der Waals surface area contributed by atoms with Crippen LogP contribution in [0.5, 0.6) is 0 Å². The molecule has 2 atom stereocenters. The molecule has 0 amide bonds. The maximum absolute atomic E-state index is 8.50. The number of nitrogens with one attached hydrogen (secondary N) is 1. The summed E-state index contributed by atoms with van der Waals surface area (Å²) >= 11 is 0. The van der Waals surface area contributed by atoms with Gasteiger partial charge in [-0.25, -0.2) is 4.98 Å². The summed E-state index contributed by atoms with van der Waals surface area (Å²) < 4.78 is 0. The molecular weight excluding hydrogens is 176 g/mol. The molecule has 1 aromatic rings. The van der Waals surface area contributed by atoms with Gasteiger partial charge in [0.1, 0.15) is 5.82 Å². The van der Waals surface area contributed by atoms with Crippen molar-refractivity contribution in [2.45, 2.75) is 38.5 Å². The van der Waals surface area contributed by atoms with Gasteiger partial charge in [-0.1, -0.05) is 6.92 Å². The maximum Gasteiger partial charge on any atom is 0.153 e. The van der Waals surface area contributed by atoms with Crippen LogP contribution in [0.25, 0.3) is 0 Å². The van der Waals surface area contributed by atoms with Crippen LogP contribution in [-0.2, 0) is 6.42 Å². The first-order valence-corrected chi connectivity index (χ1v) is 5.07. The predicted octanol–water partition coefficient (Wildman–Crippen LogP) is 1.77. The number of hydrogen-bond donors (Lipinski definition) is 1. The van der Waals surface area contributed by atoms with Crippen LogP contribution in [0, 0.1) is 17.2 Å². The van der Waals surface area contributed by atoms with E-state index in [1.807, 2.05) is 0 Å². The number of aromatic amines is 1. The lowest BCUT2D eigenvalue weighted by Gasteiger charge is -2.02. The molecule has 4 heteroatoms. The molecule has 0 aliphatic heterocycles. The van der Waals surface area contributed by atoms with E-state index in [0.29, 0.717) is 18.2 Å². The van der Waals surface area contributed by atoms with Crippen molar-refractivity contribution in [3.05, 3.63) is 11.6 Å². The van der Waals surface area contributed by atoms with Crippen molar-refractivity contribution in [1.29, 1.82) is 5.26 Å². The Morgan fingerprint density at radius 3 is 3.07 bits per heavy atom. The molecule has 0 bridgehead atoms. The minimum atomic E-state index is 0.329. The standard InChI is InChI=1S/C10H14N4/c1-7-2-3-8(6-7)10-12-9(4-5-11)13-14-10/h7-8H,2-4,6H2,1H3,(H,12,13,14). The molecule has 1 N–H and O–H groups in total. The highest BCUT2D eigenvalue weighted by Crippen LogP contribution is 2.36. The van der Waals surface area contributed by atoms with Crippen molar-refractivity contribution in [2.75, 3.05) is 0 Å². The topological polar surface area (TPSA) is 65.4 Å². The predicted molar refractivity (Wildman–Crippen MR) is 51.5 cm³/mol. The Balaban J connectivity index is 2.06. The largest absolute Gasteiger partial charge is 0.262 e. The number of nitrogens with zero attached hydrogens (tertiary/aromatic N) is 3. The summed E-state index contributed by atoms with van der Waals surface area (Å²) in [4.78, 5) is 4.33. The van der Waals surface area contributed by atoms with E-state index in [-0.39, 0.29) is 0 Å². The number of nitriles is 1. The van der Waals surface area contributed by atoms with Crippen molar-refractivity contribution < 1.29 is 0 Å². The zero-order chi connectivity index (χ0) is 9.97. The summed E-state index contributed by atoms with van der Waals surface area (Å²) in [7, 11) is 0. The van der Waals surface area contributed by atoms with Crippen molar-refractivity contribution in [1.82, 2.24) is 15.2 Å². The van der Waals surface area contributed by atoms with Crippen LogP contribution in [0.15, 0.2) is 0 Å². The summed E-state index contributed by atoms with van der Waals surface area (Å²) in [5.74, 6) is 2.90. The normalized spacial score (nSPS) is 26.3. The highest BCUT2D eigenvalue weighted by atomic mass is 15.2. The fourth-order valence-corrected chi connectivity index (χ4v) is 2.09. The molecule has 0 aromatic carbocycles.